The molecule has 3 heteroatoms. The van der Waals surface area contributed by atoms with Crippen molar-refractivity contribution in [2.45, 2.75) is 44.6 Å². The molecule has 2 nitrogen and oxygen atoms in total. The fourth-order valence-corrected chi connectivity index (χ4v) is 2.55. The van der Waals surface area contributed by atoms with Gasteiger partial charge in [-0.2, -0.15) is 11.8 Å². The first-order valence-corrected chi connectivity index (χ1v) is 7.76. The van der Waals surface area contributed by atoms with Crippen LogP contribution in [0.1, 0.15) is 38.5 Å². The average molecular weight is 230 g/mol. The van der Waals surface area contributed by atoms with Crippen molar-refractivity contribution in [2.75, 3.05) is 31.6 Å². The number of hydrogen-bond donors (Lipinski definition) is 2. The lowest BCUT2D eigenvalue weighted by molar-refractivity contribution is 0.519. The van der Waals surface area contributed by atoms with Gasteiger partial charge in [-0.05, 0) is 50.8 Å². The summed E-state index contributed by atoms with van der Waals surface area (Å²) in [4.78, 5) is 0. The second kappa shape index (κ2) is 9.49. The molecule has 0 aromatic rings. The van der Waals surface area contributed by atoms with Gasteiger partial charge in [0.25, 0.3) is 0 Å². The molecule has 1 rings (SSSR count). The summed E-state index contributed by atoms with van der Waals surface area (Å²) in [5, 5.41) is 7.06. The van der Waals surface area contributed by atoms with E-state index in [1.54, 1.807) is 0 Å². The van der Waals surface area contributed by atoms with Crippen LogP contribution in [0.4, 0.5) is 0 Å². The zero-order valence-corrected chi connectivity index (χ0v) is 10.9. The molecule has 0 aromatic heterocycles. The minimum Gasteiger partial charge on any atom is -0.315 e. The number of thioether (sulfide) groups is 1. The van der Waals surface area contributed by atoms with E-state index in [0.717, 1.165) is 6.04 Å². The van der Waals surface area contributed by atoms with Crippen LogP contribution in [0.15, 0.2) is 0 Å². The largest absolute Gasteiger partial charge is 0.315 e. The third kappa shape index (κ3) is 7.20. The lowest BCUT2D eigenvalue weighted by atomic mass is 10.2. The lowest BCUT2D eigenvalue weighted by Gasteiger charge is -2.10. The molecule has 1 fully saturated rings. The Labute approximate surface area is 99.0 Å². The Balaban J connectivity index is 1.73. The molecule has 0 amide bonds. The van der Waals surface area contributed by atoms with Crippen molar-refractivity contribution in [1.29, 1.82) is 0 Å². The molecule has 1 aliphatic heterocycles. The maximum Gasteiger partial charge on any atom is 0.0192 e. The molecular weight excluding hydrogens is 204 g/mol. The van der Waals surface area contributed by atoms with Gasteiger partial charge < -0.3 is 10.6 Å². The number of rotatable bonds is 9. The second-order valence-corrected chi connectivity index (χ2v) is 5.39. The van der Waals surface area contributed by atoms with Crippen LogP contribution in [0.5, 0.6) is 0 Å². The van der Waals surface area contributed by atoms with Gasteiger partial charge in [0, 0.05) is 12.6 Å². The van der Waals surface area contributed by atoms with E-state index in [4.69, 9.17) is 0 Å². The maximum absolute atomic E-state index is 3.55. The molecule has 90 valence electrons. The SMILES string of the molecule is CSCCCCCCNCC1CCCN1. The van der Waals surface area contributed by atoms with Gasteiger partial charge in [-0.15, -0.1) is 0 Å². The highest BCUT2D eigenvalue weighted by molar-refractivity contribution is 7.98. The molecule has 2 N–H and O–H groups in total. The summed E-state index contributed by atoms with van der Waals surface area (Å²) in [6, 6.07) is 0.751. The van der Waals surface area contributed by atoms with Crippen LogP contribution < -0.4 is 10.6 Å². The molecule has 0 bridgehead atoms. The molecular formula is C12H26N2S. The summed E-state index contributed by atoms with van der Waals surface area (Å²) in [6.45, 7) is 3.60. The monoisotopic (exact) mass is 230 g/mol. The highest BCUT2D eigenvalue weighted by Gasteiger charge is 2.12. The van der Waals surface area contributed by atoms with Crippen molar-refractivity contribution >= 4 is 11.8 Å². The fraction of sp³-hybridized carbons (Fsp3) is 1.00. The number of unbranched alkanes of at least 4 members (excludes halogenated alkanes) is 3. The van der Waals surface area contributed by atoms with Crippen LogP contribution in [-0.2, 0) is 0 Å². The van der Waals surface area contributed by atoms with Crippen molar-refractivity contribution in [3.8, 4) is 0 Å². The highest BCUT2D eigenvalue weighted by atomic mass is 32.2. The molecule has 1 saturated heterocycles. The minimum absolute atomic E-state index is 0.751. The summed E-state index contributed by atoms with van der Waals surface area (Å²) >= 11 is 1.96. The van der Waals surface area contributed by atoms with Crippen LogP contribution in [0.25, 0.3) is 0 Å². The Morgan fingerprint density at radius 3 is 2.87 bits per heavy atom. The third-order valence-electron chi connectivity index (χ3n) is 3.01. The van der Waals surface area contributed by atoms with E-state index in [1.807, 2.05) is 11.8 Å². The van der Waals surface area contributed by atoms with Gasteiger partial charge in [0.15, 0.2) is 0 Å². The van der Waals surface area contributed by atoms with E-state index in [9.17, 15) is 0 Å². The smallest absolute Gasteiger partial charge is 0.0192 e. The van der Waals surface area contributed by atoms with Crippen molar-refractivity contribution in [1.82, 2.24) is 10.6 Å². The molecule has 15 heavy (non-hydrogen) atoms. The first-order valence-electron chi connectivity index (χ1n) is 6.36. The highest BCUT2D eigenvalue weighted by Crippen LogP contribution is 2.05. The van der Waals surface area contributed by atoms with Gasteiger partial charge in [0.2, 0.25) is 0 Å². The van der Waals surface area contributed by atoms with E-state index < -0.39 is 0 Å². The summed E-state index contributed by atoms with van der Waals surface area (Å²) in [5.41, 5.74) is 0. The second-order valence-electron chi connectivity index (χ2n) is 4.40. The minimum atomic E-state index is 0.751. The summed E-state index contributed by atoms with van der Waals surface area (Å²) < 4.78 is 0. The predicted octanol–water partition coefficient (Wildman–Crippen LogP) is 2.25. The number of nitrogens with one attached hydrogen (secondary N) is 2. The van der Waals surface area contributed by atoms with Crippen LogP contribution in [0.3, 0.4) is 0 Å². The molecule has 1 unspecified atom stereocenters. The Bertz CT molecular complexity index is 136. The first kappa shape index (κ1) is 13.3. The maximum atomic E-state index is 3.55. The lowest BCUT2D eigenvalue weighted by Crippen LogP contribution is -2.34. The van der Waals surface area contributed by atoms with Crippen molar-refractivity contribution in [3.05, 3.63) is 0 Å². The predicted molar refractivity (Wildman–Crippen MR) is 70.7 cm³/mol. The zero-order valence-electron chi connectivity index (χ0n) is 10.1. The van der Waals surface area contributed by atoms with Gasteiger partial charge in [-0.25, -0.2) is 0 Å². The van der Waals surface area contributed by atoms with Crippen LogP contribution in [0, 0.1) is 0 Å². The van der Waals surface area contributed by atoms with Gasteiger partial charge in [-0.3, -0.25) is 0 Å². The average Bonchev–Trinajstić information content (AvgIpc) is 2.75. The quantitative estimate of drug-likeness (QED) is 0.594. The van der Waals surface area contributed by atoms with E-state index in [-0.39, 0.29) is 0 Å². The Kier molecular flexibility index (Phi) is 8.44. The number of hydrogen-bond acceptors (Lipinski definition) is 3. The molecule has 1 heterocycles. The standard InChI is InChI=1S/C12H26N2S/c1-15-10-5-3-2-4-8-13-11-12-7-6-9-14-12/h12-14H,2-11H2,1H3. The van der Waals surface area contributed by atoms with E-state index in [0.29, 0.717) is 0 Å². The molecule has 0 spiro atoms. The molecule has 1 atom stereocenters. The topological polar surface area (TPSA) is 24.1 Å². The van der Waals surface area contributed by atoms with Crippen LogP contribution >= 0.6 is 11.8 Å². The van der Waals surface area contributed by atoms with Gasteiger partial charge in [0.1, 0.15) is 0 Å². The first-order chi connectivity index (χ1) is 7.43. The molecule has 0 aliphatic carbocycles. The van der Waals surface area contributed by atoms with Gasteiger partial charge in [-0.1, -0.05) is 12.8 Å². The Hall–Kier alpha value is 0.270. The molecule has 0 saturated carbocycles. The van der Waals surface area contributed by atoms with Gasteiger partial charge in [0.05, 0.1) is 0 Å². The fourth-order valence-electron chi connectivity index (χ4n) is 2.06. The Morgan fingerprint density at radius 1 is 1.27 bits per heavy atom. The van der Waals surface area contributed by atoms with E-state index >= 15 is 0 Å². The summed E-state index contributed by atoms with van der Waals surface area (Å²) in [5.74, 6) is 1.33. The van der Waals surface area contributed by atoms with Crippen molar-refractivity contribution in [3.63, 3.8) is 0 Å². The molecule has 0 aromatic carbocycles. The zero-order chi connectivity index (χ0) is 10.8. The molecule has 1 aliphatic rings. The van der Waals surface area contributed by atoms with Gasteiger partial charge >= 0.3 is 0 Å². The van der Waals surface area contributed by atoms with E-state index in [2.05, 4.69) is 16.9 Å². The molecule has 0 radical (unpaired) electrons. The summed E-state index contributed by atoms with van der Waals surface area (Å²) in [7, 11) is 0. The Morgan fingerprint density at radius 2 is 2.13 bits per heavy atom. The van der Waals surface area contributed by atoms with Crippen molar-refractivity contribution in [2.24, 2.45) is 0 Å². The van der Waals surface area contributed by atoms with Crippen LogP contribution in [0.2, 0.25) is 0 Å². The van der Waals surface area contributed by atoms with Crippen LogP contribution in [-0.4, -0.2) is 37.7 Å². The van der Waals surface area contributed by atoms with E-state index in [1.165, 1.54) is 63.9 Å². The summed E-state index contributed by atoms with van der Waals surface area (Å²) in [6.07, 6.45) is 10.5. The van der Waals surface area contributed by atoms with Crippen molar-refractivity contribution < 1.29 is 0 Å². The normalized spacial score (nSPS) is 21.0. The third-order valence-corrected chi connectivity index (χ3v) is 3.70.